The second-order valence-electron chi connectivity index (χ2n) is 6.17. The van der Waals surface area contributed by atoms with Gasteiger partial charge in [0.15, 0.2) is 11.6 Å². The van der Waals surface area contributed by atoms with Gasteiger partial charge < -0.3 is 14.4 Å². The average molecular weight is 323 g/mol. The van der Waals surface area contributed by atoms with Gasteiger partial charge in [-0.25, -0.2) is 9.97 Å². The lowest BCUT2D eigenvalue weighted by Crippen LogP contribution is -2.28. The lowest BCUT2D eigenvalue weighted by molar-refractivity contribution is 0.677. The van der Waals surface area contributed by atoms with Gasteiger partial charge in [0.25, 0.3) is 0 Å². The Bertz CT molecular complexity index is 809. The summed E-state index contributed by atoms with van der Waals surface area (Å²) in [4.78, 5) is 14.3. The van der Waals surface area contributed by atoms with E-state index in [1.807, 2.05) is 28.8 Å². The monoisotopic (exact) mass is 323 g/mol. The van der Waals surface area contributed by atoms with Gasteiger partial charge >= 0.3 is 0 Å². The molecular formula is C17H21N7. The molecule has 7 heteroatoms. The topological polar surface area (TPSA) is 63.0 Å². The third-order valence-corrected chi connectivity index (χ3v) is 4.46. The van der Waals surface area contributed by atoms with E-state index in [-0.39, 0.29) is 0 Å². The molecule has 24 heavy (non-hydrogen) atoms. The van der Waals surface area contributed by atoms with Crippen LogP contribution in [0.5, 0.6) is 0 Å². The van der Waals surface area contributed by atoms with Gasteiger partial charge in [0.05, 0.1) is 11.0 Å². The Labute approximate surface area is 141 Å². The Morgan fingerprint density at radius 1 is 1.00 bits per heavy atom. The first-order valence-electron chi connectivity index (χ1n) is 8.36. The zero-order valence-corrected chi connectivity index (χ0v) is 13.8. The van der Waals surface area contributed by atoms with Crippen LogP contribution in [0.2, 0.25) is 0 Å². The number of benzene rings is 1. The Morgan fingerprint density at radius 3 is 2.38 bits per heavy atom. The van der Waals surface area contributed by atoms with Crippen molar-refractivity contribution in [3.63, 3.8) is 0 Å². The molecule has 1 saturated heterocycles. The van der Waals surface area contributed by atoms with Crippen LogP contribution in [0.15, 0.2) is 36.9 Å². The highest BCUT2D eigenvalue weighted by atomic mass is 15.3. The van der Waals surface area contributed by atoms with Crippen molar-refractivity contribution in [2.24, 2.45) is 0 Å². The van der Waals surface area contributed by atoms with Gasteiger partial charge in [-0.2, -0.15) is 0 Å². The molecule has 7 nitrogen and oxygen atoms in total. The molecule has 3 aromatic rings. The highest BCUT2D eigenvalue weighted by Gasteiger charge is 2.21. The third kappa shape index (κ3) is 2.89. The van der Waals surface area contributed by atoms with Crippen molar-refractivity contribution >= 4 is 22.7 Å². The Kier molecular flexibility index (Phi) is 3.98. The summed E-state index contributed by atoms with van der Waals surface area (Å²) < 4.78 is 1.97. The molecule has 1 aliphatic heterocycles. The third-order valence-electron chi connectivity index (χ3n) is 4.46. The summed E-state index contributed by atoms with van der Waals surface area (Å²) in [5.41, 5.74) is 1.89. The maximum atomic E-state index is 4.91. The van der Waals surface area contributed by atoms with Crippen LogP contribution in [0.1, 0.15) is 12.8 Å². The summed E-state index contributed by atoms with van der Waals surface area (Å²) in [6.45, 7) is 3.75. The molecule has 0 amide bonds. The Hall–Kier alpha value is -2.70. The van der Waals surface area contributed by atoms with E-state index < -0.39 is 0 Å². The number of aromatic nitrogens is 5. The number of para-hydroxylation sites is 2. The molecule has 1 aromatic carbocycles. The first-order chi connectivity index (χ1) is 11.8. The maximum Gasteiger partial charge on any atom is 0.172 e. The van der Waals surface area contributed by atoms with E-state index in [4.69, 9.17) is 9.97 Å². The fourth-order valence-corrected chi connectivity index (χ4v) is 3.09. The van der Waals surface area contributed by atoms with Crippen molar-refractivity contribution in [1.29, 1.82) is 0 Å². The largest absolute Gasteiger partial charge is 0.355 e. The summed E-state index contributed by atoms with van der Waals surface area (Å²) in [5.74, 6) is 1.95. The molecule has 1 fully saturated rings. The highest BCUT2D eigenvalue weighted by molar-refractivity contribution is 5.80. The highest BCUT2D eigenvalue weighted by Crippen LogP contribution is 2.29. The van der Waals surface area contributed by atoms with Crippen molar-refractivity contribution in [1.82, 2.24) is 24.7 Å². The van der Waals surface area contributed by atoms with Crippen LogP contribution in [-0.2, 0) is 6.54 Å². The molecule has 0 bridgehead atoms. The Balaban J connectivity index is 1.67. The van der Waals surface area contributed by atoms with Crippen LogP contribution < -0.4 is 9.80 Å². The van der Waals surface area contributed by atoms with Crippen molar-refractivity contribution in [3.8, 4) is 0 Å². The second-order valence-corrected chi connectivity index (χ2v) is 6.17. The van der Waals surface area contributed by atoms with Crippen molar-refractivity contribution < 1.29 is 0 Å². The molecule has 0 N–H and O–H groups in total. The summed E-state index contributed by atoms with van der Waals surface area (Å²) in [6.07, 6.45) is 5.92. The molecule has 0 radical (unpaired) electrons. The Morgan fingerprint density at radius 2 is 1.67 bits per heavy atom. The fourth-order valence-electron chi connectivity index (χ4n) is 3.09. The molecule has 0 aliphatic carbocycles. The zero-order chi connectivity index (χ0) is 16.4. The standard InChI is InChI=1S/C17H21N7/c1-22(10-11-23-12-18-19-13-23)16-17(24-8-4-5-9-24)21-15-7-3-2-6-14(15)20-16/h2-3,6-7,12-13H,4-5,8-11H2,1H3. The lowest BCUT2D eigenvalue weighted by Gasteiger charge is -2.26. The van der Waals surface area contributed by atoms with E-state index in [2.05, 4.69) is 27.0 Å². The smallest absolute Gasteiger partial charge is 0.172 e. The van der Waals surface area contributed by atoms with Gasteiger partial charge in [0.2, 0.25) is 0 Å². The molecule has 0 unspecified atom stereocenters. The minimum absolute atomic E-state index is 0.817. The maximum absolute atomic E-state index is 4.91. The summed E-state index contributed by atoms with van der Waals surface area (Å²) in [7, 11) is 2.07. The van der Waals surface area contributed by atoms with Crippen LogP contribution in [0.3, 0.4) is 0 Å². The zero-order valence-electron chi connectivity index (χ0n) is 13.8. The predicted octanol–water partition coefficient (Wildman–Crippen LogP) is 1.96. The van der Waals surface area contributed by atoms with Gasteiger partial charge in [-0.15, -0.1) is 10.2 Å². The molecular weight excluding hydrogens is 302 g/mol. The number of rotatable bonds is 5. The lowest BCUT2D eigenvalue weighted by atomic mass is 10.3. The molecule has 0 atom stereocenters. The average Bonchev–Trinajstić information content (AvgIpc) is 3.32. The number of hydrogen-bond donors (Lipinski definition) is 0. The van der Waals surface area contributed by atoms with Gasteiger partial charge in [0.1, 0.15) is 12.7 Å². The van der Waals surface area contributed by atoms with Gasteiger partial charge in [-0.05, 0) is 25.0 Å². The molecule has 0 spiro atoms. The number of fused-ring (bicyclic) bond motifs is 1. The number of hydrogen-bond acceptors (Lipinski definition) is 6. The first kappa shape index (κ1) is 14.9. The van der Waals surface area contributed by atoms with Crippen LogP contribution in [-0.4, -0.2) is 51.4 Å². The van der Waals surface area contributed by atoms with Crippen molar-refractivity contribution in [2.75, 3.05) is 36.5 Å². The SMILES string of the molecule is CN(CCn1cnnc1)c1nc2ccccc2nc1N1CCCC1. The number of nitrogens with zero attached hydrogens (tertiary/aromatic N) is 7. The minimum Gasteiger partial charge on any atom is -0.355 e. The minimum atomic E-state index is 0.817. The fraction of sp³-hybridized carbons (Fsp3) is 0.412. The summed E-state index contributed by atoms with van der Waals surface area (Å²) >= 11 is 0. The predicted molar refractivity (Wildman–Crippen MR) is 94.3 cm³/mol. The van der Waals surface area contributed by atoms with E-state index in [0.29, 0.717) is 0 Å². The normalized spacial score (nSPS) is 14.5. The number of anilines is 2. The molecule has 0 saturated carbocycles. The van der Waals surface area contributed by atoms with E-state index in [1.165, 1.54) is 12.8 Å². The van der Waals surface area contributed by atoms with E-state index >= 15 is 0 Å². The van der Waals surface area contributed by atoms with Crippen LogP contribution >= 0.6 is 0 Å². The molecule has 1 aliphatic rings. The number of likely N-dealkylation sites (N-methyl/N-ethyl adjacent to an activating group) is 1. The van der Waals surface area contributed by atoms with E-state index in [9.17, 15) is 0 Å². The summed E-state index contributed by atoms with van der Waals surface area (Å²) in [5, 5.41) is 7.71. The van der Waals surface area contributed by atoms with Crippen molar-refractivity contribution in [2.45, 2.75) is 19.4 Å². The van der Waals surface area contributed by atoms with Gasteiger partial charge in [0, 0.05) is 33.2 Å². The molecule has 4 rings (SSSR count). The van der Waals surface area contributed by atoms with Gasteiger partial charge in [-0.3, -0.25) is 0 Å². The van der Waals surface area contributed by atoms with Crippen LogP contribution in [0.25, 0.3) is 11.0 Å². The molecule has 2 aromatic heterocycles. The van der Waals surface area contributed by atoms with E-state index in [0.717, 1.165) is 48.8 Å². The molecule has 124 valence electrons. The van der Waals surface area contributed by atoms with Crippen LogP contribution in [0, 0.1) is 0 Å². The van der Waals surface area contributed by atoms with E-state index in [1.54, 1.807) is 12.7 Å². The summed E-state index contributed by atoms with van der Waals surface area (Å²) in [6, 6.07) is 8.07. The second kappa shape index (κ2) is 6.43. The van der Waals surface area contributed by atoms with Crippen molar-refractivity contribution in [3.05, 3.63) is 36.9 Å². The first-order valence-corrected chi connectivity index (χ1v) is 8.36. The quantitative estimate of drug-likeness (QED) is 0.715. The molecule has 3 heterocycles. The van der Waals surface area contributed by atoms with Gasteiger partial charge in [-0.1, -0.05) is 12.1 Å². The van der Waals surface area contributed by atoms with Crippen LogP contribution in [0.4, 0.5) is 11.6 Å².